The first-order chi connectivity index (χ1) is 4.74. The van der Waals surface area contributed by atoms with Gasteiger partial charge in [0, 0.05) is 6.21 Å². The molecule has 56 valence electrons. The molecule has 0 radical (unpaired) electrons. The molecule has 0 aromatic carbocycles. The normalized spacial score (nSPS) is 32.0. The molecule has 5 heteroatoms. The van der Waals surface area contributed by atoms with E-state index in [-0.39, 0.29) is 0 Å². The predicted octanol–water partition coefficient (Wildman–Crippen LogP) is -0.336. The van der Waals surface area contributed by atoms with Gasteiger partial charge in [-0.25, -0.2) is 14.2 Å². The molecule has 1 rings (SSSR count). The molecule has 2 N–H and O–H groups in total. The molecule has 2 unspecified atom stereocenters. The van der Waals surface area contributed by atoms with Gasteiger partial charge >= 0.3 is 6.03 Å². The second kappa shape index (κ2) is 2.74. The van der Waals surface area contributed by atoms with Crippen LogP contribution in [-0.2, 0) is 0 Å². The van der Waals surface area contributed by atoms with Crippen LogP contribution in [-0.4, -0.2) is 31.6 Å². The van der Waals surface area contributed by atoms with Gasteiger partial charge in [-0.2, -0.15) is 0 Å². The fourth-order valence-electron chi connectivity index (χ4n) is 0.706. The molecule has 0 aliphatic carbocycles. The molecule has 1 aliphatic heterocycles. The van der Waals surface area contributed by atoms with Crippen LogP contribution in [0.2, 0.25) is 0 Å². The molecule has 0 saturated heterocycles. The predicted molar refractivity (Wildman–Crippen MR) is 34.8 cm³/mol. The summed E-state index contributed by atoms with van der Waals surface area (Å²) in [4.78, 5) is 13.7. The quantitative estimate of drug-likeness (QED) is 0.530. The summed E-state index contributed by atoms with van der Waals surface area (Å²) in [6.45, 7) is 0. The lowest BCUT2D eigenvalue weighted by Crippen LogP contribution is -2.52. The first-order valence-corrected chi connectivity index (χ1v) is 2.90. The van der Waals surface area contributed by atoms with Crippen molar-refractivity contribution in [2.75, 3.05) is 7.05 Å². The zero-order chi connectivity index (χ0) is 7.56. The van der Waals surface area contributed by atoms with E-state index in [2.05, 4.69) is 15.6 Å². The van der Waals surface area contributed by atoms with Crippen molar-refractivity contribution in [3.05, 3.63) is 0 Å². The van der Waals surface area contributed by atoms with Crippen molar-refractivity contribution in [1.29, 1.82) is 0 Å². The second-order valence-electron chi connectivity index (χ2n) is 1.94. The maximum atomic E-state index is 12.6. The standard InChI is InChI=1S/C5H8FN3O/c1-7-4-3(6)2-8-5(10)9-4/h2-4,7H,1H3,(H,9,10). The Balaban J connectivity index is 2.62. The molecule has 0 saturated carbocycles. The number of nitrogens with zero attached hydrogens (tertiary/aromatic N) is 1. The fraction of sp³-hybridized carbons (Fsp3) is 0.600. The van der Waals surface area contributed by atoms with Crippen LogP contribution >= 0.6 is 0 Å². The SMILES string of the molecule is CNC1NC(=O)N=CC1F. The van der Waals surface area contributed by atoms with Crippen molar-refractivity contribution in [2.45, 2.75) is 12.3 Å². The summed E-state index contributed by atoms with van der Waals surface area (Å²) >= 11 is 0. The molecule has 0 fully saturated rings. The Labute approximate surface area is 57.5 Å². The van der Waals surface area contributed by atoms with Gasteiger partial charge in [0.2, 0.25) is 0 Å². The second-order valence-corrected chi connectivity index (χ2v) is 1.94. The van der Waals surface area contributed by atoms with Gasteiger partial charge in [0.1, 0.15) is 6.17 Å². The van der Waals surface area contributed by atoms with E-state index in [0.717, 1.165) is 6.21 Å². The highest BCUT2D eigenvalue weighted by atomic mass is 19.1. The Bertz CT molecular complexity index is 170. The monoisotopic (exact) mass is 145 g/mol. The summed E-state index contributed by atoms with van der Waals surface area (Å²) in [6.07, 6.45) is -0.882. The van der Waals surface area contributed by atoms with E-state index < -0.39 is 18.4 Å². The highest BCUT2D eigenvalue weighted by molar-refractivity contribution is 5.88. The van der Waals surface area contributed by atoms with Gasteiger partial charge in [-0.3, -0.25) is 5.32 Å². The van der Waals surface area contributed by atoms with E-state index in [0.29, 0.717) is 0 Å². The summed E-state index contributed by atoms with van der Waals surface area (Å²) in [5.74, 6) is 0. The van der Waals surface area contributed by atoms with Gasteiger partial charge in [0.25, 0.3) is 0 Å². The van der Waals surface area contributed by atoms with Crippen molar-refractivity contribution in [3.63, 3.8) is 0 Å². The Morgan fingerprint density at radius 3 is 3.10 bits per heavy atom. The Morgan fingerprint density at radius 2 is 2.60 bits per heavy atom. The van der Waals surface area contributed by atoms with Gasteiger partial charge in [-0.05, 0) is 7.05 Å². The van der Waals surface area contributed by atoms with Gasteiger partial charge < -0.3 is 5.32 Å². The lowest BCUT2D eigenvalue weighted by molar-refractivity contribution is 0.227. The Morgan fingerprint density at radius 1 is 1.90 bits per heavy atom. The highest BCUT2D eigenvalue weighted by Crippen LogP contribution is 1.98. The number of aliphatic imine (C=N–C) groups is 1. The molecule has 2 amide bonds. The first kappa shape index (κ1) is 7.14. The van der Waals surface area contributed by atoms with Crippen molar-refractivity contribution in [3.8, 4) is 0 Å². The van der Waals surface area contributed by atoms with Crippen LogP contribution in [0.25, 0.3) is 0 Å². The van der Waals surface area contributed by atoms with E-state index in [1.54, 1.807) is 7.05 Å². The lowest BCUT2D eigenvalue weighted by atomic mass is 10.3. The van der Waals surface area contributed by atoms with Gasteiger partial charge in [0.15, 0.2) is 6.17 Å². The minimum absolute atomic E-state index is 0.506. The number of amides is 2. The summed E-state index contributed by atoms with van der Waals surface area (Å²) in [6, 6.07) is -0.506. The Hall–Kier alpha value is -0.970. The van der Waals surface area contributed by atoms with E-state index >= 15 is 0 Å². The van der Waals surface area contributed by atoms with Crippen molar-refractivity contribution in [2.24, 2.45) is 4.99 Å². The molecule has 1 heterocycles. The van der Waals surface area contributed by atoms with Crippen molar-refractivity contribution < 1.29 is 9.18 Å². The van der Waals surface area contributed by atoms with Crippen LogP contribution in [0.5, 0.6) is 0 Å². The number of carbonyl (C=O) groups is 1. The van der Waals surface area contributed by atoms with E-state index in [1.807, 2.05) is 0 Å². The number of carbonyl (C=O) groups excluding carboxylic acids is 1. The maximum absolute atomic E-state index is 12.6. The molecule has 4 nitrogen and oxygen atoms in total. The summed E-state index contributed by atoms with van der Waals surface area (Å²) in [5, 5.41) is 4.88. The van der Waals surface area contributed by atoms with Crippen LogP contribution < -0.4 is 10.6 Å². The topological polar surface area (TPSA) is 53.5 Å². The smallest absolute Gasteiger partial charge is 0.318 e. The molecule has 0 aromatic heterocycles. The van der Waals surface area contributed by atoms with E-state index in [9.17, 15) is 9.18 Å². The van der Waals surface area contributed by atoms with Crippen LogP contribution in [0, 0.1) is 0 Å². The van der Waals surface area contributed by atoms with E-state index in [4.69, 9.17) is 0 Å². The summed E-state index contributed by atoms with van der Waals surface area (Å²) in [5.41, 5.74) is 0. The third-order valence-electron chi connectivity index (χ3n) is 1.24. The molecule has 0 aromatic rings. The average Bonchev–Trinajstić information content (AvgIpc) is 1.94. The minimum Gasteiger partial charge on any atom is -0.318 e. The van der Waals surface area contributed by atoms with Crippen LogP contribution in [0.4, 0.5) is 9.18 Å². The van der Waals surface area contributed by atoms with Crippen LogP contribution in [0.3, 0.4) is 0 Å². The lowest BCUT2D eigenvalue weighted by Gasteiger charge is -2.20. The molecular formula is C5H8FN3O. The molecule has 1 aliphatic rings. The molecule has 0 spiro atoms. The maximum Gasteiger partial charge on any atom is 0.342 e. The largest absolute Gasteiger partial charge is 0.342 e. The highest BCUT2D eigenvalue weighted by Gasteiger charge is 2.22. The number of nitrogens with one attached hydrogen (secondary N) is 2. The number of hydrogen-bond acceptors (Lipinski definition) is 2. The summed E-state index contributed by atoms with van der Waals surface area (Å²) in [7, 11) is 1.57. The number of alkyl halides is 1. The number of halogens is 1. The number of rotatable bonds is 1. The average molecular weight is 145 g/mol. The minimum atomic E-state index is -1.23. The third kappa shape index (κ3) is 1.30. The molecule has 10 heavy (non-hydrogen) atoms. The first-order valence-electron chi connectivity index (χ1n) is 2.90. The van der Waals surface area contributed by atoms with Crippen molar-refractivity contribution >= 4 is 12.2 Å². The molecular weight excluding hydrogens is 137 g/mol. The van der Waals surface area contributed by atoms with Gasteiger partial charge in [-0.1, -0.05) is 0 Å². The molecule has 0 bridgehead atoms. The third-order valence-corrected chi connectivity index (χ3v) is 1.24. The Kier molecular flexibility index (Phi) is 1.96. The zero-order valence-corrected chi connectivity index (χ0v) is 5.47. The van der Waals surface area contributed by atoms with Crippen LogP contribution in [0.1, 0.15) is 0 Å². The van der Waals surface area contributed by atoms with Gasteiger partial charge in [0.05, 0.1) is 0 Å². The fourth-order valence-corrected chi connectivity index (χ4v) is 0.706. The molecule has 2 atom stereocenters. The van der Waals surface area contributed by atoms with Crippen LogP contribution in [0.15, 0.2) is 4.99 Å². The number of urea groups is 1. The van der Waals surface area contributed by atoms with Crippen molar-refractivity contribution in [1.82, 2.24) is 10.6 Å². The number of hydrogen-bond donors (Lipinski definition) is 2. The summed E-state index contributed by atoms with van der Waals surface area (Å²) < 4.78 is 12.6. The van der Waals surface area contributed by atoms with Gasteiger partial charge in [-0.15, -0.1) is 0 Å². The van der Waals surface area contributed by atoms with E-state index in [1.165, 1.54) is 0 Å². The zero-order valence-electron chi connectivity index (χ0n) is 5.47.